The van der Waals surface area contributed by atoms with Gasteiger partial charge in [0.05, 0.1) is 18.7 Å². The number of nitrogens with one attached hydrogen (secondary N) is 1. The summed E-state index contributed by atoms with van der Waals surface area (Å²) in [6, 6.07) is 24.8. The van der Waals surface area contributed by atoms with E-state index in [-0.39, 0.29) is 6.42 Å². The van der Waals surface area contributed by atoms with Crippen LogP contribution in [0.3, 0.4) is 0 Å². The van der Waals surface area contributed by atoms with Crippen molar-refractivity contribution >= 4 is 22.7 Å². The van der Waals surface area contributed by atoms with E-state index in [4.69, 9.17) is 19.8 Å². The molecule has 7 nitrogen and oxygen atoms in total. The van der Waals surface area contributed by atoms with Crippen molar-refractivity contribution in [3.63, 3.8) is 0 Å². The summed E-state index contributed by atoms with van der Waals surface area (Å²) in [4.78, 5) is 22.9. The van der Waals surface area contributed by atoms with Crippen molar-refractivity contribution in [1.29, 1.82) is 0 Å². The molecule has 0 radical (unpaired) electrons. The van der Waals surface area contributed by atoms with Crippen LogP contribution in [0.2, 0.25) is 0 Å². The Morgan fingerprint density at radius 1 is 0.917 bits per heavy atom. The number of hydrogen-bond acceptors (Lipinski definition) is 6. The summed E-state index contributed by atoms with van der Waals surface area (Å²) >= 11 is 0. The summed E-state index contributed by atoms with van der Waals surface area (Å²) in [6.45, 7) is 4.94. The fraction of sp³-hybridized carbons (Fsp3) is 0.276. The third-order valence-corrected chi connectivity index (χ3v) is 6.43. The van der Waals surface area contributed by atoms with Gasteiger partial charge in [-0.2, -0.15) is 0 Å². The first-order chi connectivity index (χ1) is 17.7. The zero-order chi connectivity index (χ0) is 24.7. The second-order valence-electron chi connectivity index (χ2n) is 8.96. The Kier molecular flexibility index (Phi) is 7.50. The number of para-hydroxylation sites is 1. The van der Waals surface area contributed by atoms with Crippen LogP contribution in [-0.2, 0) is 16.1 Å². The van der Waals surface area contributed by atoms with Gasteiger partial charge in [-0.25, -0.2) is 9.97 Å². The van der Waals surface area contributed by atoms with E-state index in [2.05, 4.69) is 58.7 Å². The van der Waals surface area contributed by atoms with Crippen LogP contribution in [0.25, 0.3) is 33.4 Å². The van der Waals surface area contributed by atoms with Gasteiger partial charge < -0.3 is 15.2 Å². The highest BCUT2D eigenvalue weighted by molar-refractivity contribution is 5.90. The predicted molar refractivity (Wildman–Crippen MR) is 142 cm³/mol. The van der Waals surface area contributed by atoms with Gasteiger partial charge in [0.2, 0.25) is 0 Å². The molecular formula is C29H30N4O3. The van der Waals surface area contributed by atoms with Gasteiger partial charge in [0.15, 0.2) is 5.82 Å². The topological polar surface area (TPSA) is 87.6 Å². The van der Waals surface area contributed by atoms with Crippen molar-refractivity contribution in [2.75, 3.05) is 38.2 Å². The third-order valence-electron chi connectivity index (χ3n) is 6.43. The summed E-state index contributed by atoms with van der Waals surface area (Å²) in [5.74, 6) is 0.570. The van der Waals surface area contributed by atoms with Crippen molar-refractivity contribution in [3.8, 4) is 22.5 Å². The molecule has 2 N–H and O–H groups in total. The van der Waals surface area contributed by atoms with Gasteiger partial charge in [0.25, 0.3) is 0 Å². The lowest BCUT2D eigenvalue weighted by atomic mass is 9.98. The van der Waals surface area contributed by atoms with Gasteiger partial charge in [0, 0.05) is 43.5 Å². The summed E-state index contributed by atoms with van der Waals surface area (Å²) in [5, 5.41) is 13.1. The van der Waals surface area contributed by atoms with Crippen LogP contribution in [0, 0.1) is 0 Å². The van der Waals surface area contributed by atoms with Gasteiger partial charge in [-0.05, 0) is 35.2 Å². The zero-order valence-corrected chi connectivity index (χ0v) is 20.2. The molecule has 0 unspecified atom stereocenters. The van der Waals surface area contributed by atoms with E-state index in [1.807, 2.05) is 24.3 Å². The number of carboxylic acid groups (broad SMARTS) is 1. The monoisotopic (exact) mass is 482 g/mol. The SMILES string of the molecule is O=C(O)CCCNc1nc(-c2ccc(-c3ccccc3CN3CCOCC3)cc2)nc2ccccc12. The maximum atomic E-state index is 10.9. The molecule has 1 aliphatic heterocycles. The average molecular weight is 483 g/mol. The minimum atomic E-state index is -0.795. The first kappa shape index (κ1) is 23.9. The molecule has 0 bridgehead atoms. The maximum Gasteiger partial charge on any atom is 0.303 e. The highest BCUT2D eigenvalue weighted by Gasteiger charge is 2.14. The minimum Gasteiger partial charge on any atom is -0.481 e. The lowest BCUT2D eigenvalue weighted by molar-refractivity contribution is -0.137. The number of aliphatic carboxylic acids is 1. The average Bonchev–Trinajstić information content (AvgIpc) is 2.92. The Morgan fingerprint density at radius 2 is 1.64 bits per heavy atom. The van der Waals surface area contributed by atoms with Crippen molar-refractivity contribution < 1.29 is 14.6 Å². The van der Waals surface area contributed by atoms with Crippen molar-refractivity contribution in [3.05, 3.63) is 78.4 Å². The first-order valence-corrected chi connectivity index (χ1v) is 12.4. The number of morpholine rings is 1. The normalized spacial score (nSPS) is 14.1. The maximum absolute atomic E-state index is 10.9. The molecule has 0 aliphatic carbocycles. The molecule has 4 aromatic rings. The molecule has 1 saturated heterocycles. The van der Waals surface area contributed by atoms with E-state index >= 15 is 0 Å². The van der Waals surface area contributed by atoms with Crippen LogP contribution in [0.1, 0.15) is 18.4 Å². The molecule has 0 atom stereocenters. The number of benzene rings is 3. The highest BCUT2D eigenvalue weighted by Crippen LogP contribution is 2.29. The number of hydrogen-bond donors (Lipinski definition) is 2. The molecule has 1 aliphatic rings. The molecule has 1 aromatic heterocycles. The van der Waals surface area contributed by atoms with Gasteiger partial charge >= 0.3 is 5.97 Å². The van der Waals surface area contributed by atoms with Gasteiger partial charge in [-0.1, -0.05) is 60.7 Å². The molecular weight excluding hydrogens is 452 g/mol. The quantitative estimate of drug-likeness (QED) is 0.322. The van der Waals surface area contributed by atoms with Crippen LogP contribution in [-0.4, -0.2) is 58.8 Å². The second-order valence-corrected chi connectivity index (χ2v) is 8.96. The first-order valence-electron chi connectivity index (χ1n) is 12.4. The van der Waals surface area contributed by atoms with Crippen LogP contribution in [0.5, 0.6) is 0 Å². The molecule has 2 heterocycles. The molecule has 3 aromatic carbocycles. The number of anilines is 1. The smallest absolute Gasteiger partial charge is 0.303 e. The number of rotatable bonds is 9. The molecule has 184 valence electrons. The lowest BCUT2D eigenvalue weighted by Gasteiger charge is -2.27. The third kappa shape index (κ3) is 5.70. The Hall–Kier alpha value is -3.81. The van der Waals surface area contributed by atoms with Crippen LogP contribution >= 0.6 is 0 Å². The molecule has 1 fully saturated rings. The Balaban J connectivity index is 1.39. The number of nitrogens with zero attached hydrogens (tertiary/aromatic N) is 3. The van der Waals surface area contributed by atoms with E-state index in [1.54, 1.807) is 0 Å². The van der Waals surface area contributed by atoms with Crippen molar-refractivity contribution in [2.24, 2.45) is 0 Å². The lowest BCUT2D eigenvalue weighted by Crippen LogP contribution is -2.35. The summed E-state index contributed by atoms with van der Waals surface area (Å²) in [7, 11) is 0. The van der Waals surface area contributed by atoms with E-state index in [0.717, 1.165) is 60.7 Å². The number of carbonyl (C=O) groups is 1. The number of aromatic nitrogens is 2. The molecule has 0 spiro atoms. The van der Waals surface area contributed by atoms with Crippen LogP contribution in [0.15, 0.2) is 72.8 Å². The zero-order valence-electron chi connectivity index (χ0n) is 20.2. The number of ether oxygens (including phenoxy) is 1. The van der Waals surface area contributed by atoms with Crippen molar-refractivity contribution in [1.82, 2.24) is 14.9 Å². The largest absolute Gasteiger partial charge is 0.481 e. The summed E-state index contributed by atoms with van der Waals surface area (Å²) < 4.78 is 5.50. The molecule has 5 rings (SSSR count). The van der Waals surface area contributed by atoms with Gasteiger partial charge in [-0.3, -0.25) is 9.69 Å². The highest BCUT2D eigenvalue weighted by atomic mass is 16.5. The van der Waals surface area contributed by atoms with Gasteiger partial charge in [0.1, 0.15) is 5.82 Å². The fourth-order valence-corrected chi connectivity index (χ4v) is 4.53. The van der Waals surface area contributed by atoms with E-state index in [1.165, 1.54) is 11.1 Å². The number of fused-ring (bicyclic) bond motifs is 1. The second kappa shape index (κ2) is 11.3. The fourth-order valence-electron chi connectivity index (χ4n) is 4.53. The van der Waals surface area contributed by atoms with Gasteiger partial charge in [-0.15, -0.1) is 0 Å². The Bertz CT molecular complexity index is 1330. The van der Waals surface area contributed by atoms with E-state index in [9.17, 15) is 4.79 Å². The molecule has 36 heavy (non-hydrogen) atoms. The van der Waals surface area contributed by atoms with E-state index in [0.29, 0.717) is 18.8 Å². The Morgan fingerprint density at radius 3 is 2.44 bits per heavy atom. The molecule has 0 saturated carbocycles. The van der Waals surface area contributed by atoms with Crippen LogP contribution < -0.4 is 5.32 Å². The molecule has 0 amide bonds. The summed E-state index contributed by atoms with van der Waals surface area (Å²) in [6.07, 6.45) is 0.652. The standard InChI is InChI=1S/C29H30N4O3/c34-27(35)10-5-15-30-29-25-8-3-4-9-26(25)31-28(32-29)22-13-11-21(12-14-22)24-7-2-1-6-23(24)20-33-16-18-36-19-17-33/h1-4,6-9,11-14H,5,10,15-20H2,(H,34,35)(H,30,31,32). The number of carboxylic acids is 1. The summed E-state index contributed by atoms with van der Waals surface area (Å²) in [5.41, 5.74) is 5.49. The van der Waals surface area contributed by atoms with Crippen molar-refractivity contribution in [2.45, 2.75) is 19.4 Å². The van der Waals surface area contributed by atoms with Crippen LogP contribution in [0.4, 0.5) is 5.82 Å². The van der Waals surface area contributed by atoms with E-state index < -0.39 is 5.97 Å². The Labute approximate surface area is 210 Å². The minimum absolute atomic E-state index is 0.122. The molecule has 7 heteroatoms. The predicted octanol–water partition coefficient (Wildman–Crippen LogP) is 5.07.